The van der Waals surface area contributed by atoms with Crippen LogP contribution >= 0.6 is 11.6 Å². The van der Waals surface area contributed by atoms with E-state index in [4.69, 9.17) is 21.1 Å². The fourth-order valence-corrected chi connectivity index (χ4v) is 1.97. The molecule has 100 valence electrons. The molecule has 3 aromatic rings. The maximum absolute atomic E-state index is 10.9. The Hall–Kier alpha value is -2.53. The molecule has 3 rings (SSSR count). The topological polar surface area (TPSA) is 75.4 Å². The van der Waals surface area contributed by atoms with Crippen LogP contribution in [-0.4, -0.2) is 16.1 Å². The van der Waals surface area contributed by atoms with E-state index in [0.29, 0.717) is 21.8 Å². The minimum Gasteiger partial charge on any atom is -0.478 e. The molecule has 20 heavy (non-hydrogen) atoms. The van der Waals surface area contributed by atoms with Crippen molar-refractivity contribution >= 4 is 40.4 Å². The minimum absolute atomic E-state index is 0.151. The molecule has 0 amide bonds. The Labute approximate surface area is 118 Å². The Morgan fingerprint density at radius 2 is 2.05 bits per heavy atom. The lowest BCUT2D eigenvalue weighted by Crippen LogP contribution is -1.94. The monoisotopic (exact) mass is 288 g/mol. The summed E-state index contributed by atoms with van der Waals surface area (Å²) in [5.74, 6) is -1.01. The number of rotatable bonds is 3. The van der Waals surface area contributed by atoms with Gasteiger partial charge in [0.25, 0.3) is 6.01 Å². The number of carboxylic acids is 1. The van der Waals surface area contributed by atoms with Gasteiger partial charge in [-0.15, -0.1) is 0 Å². The first-order chi connectivity index (χ1) is 9.63. The number of hydrogen-bond donors (Lipinski definition) is 2. The lowest BCUT2D eigenvalue weighted by molar-refractivity contribution is 0.0697. The van der Waals surface area contributed by atoms with E-state index in [1.165, 1.54) is 12.1 Å². The molecule has 0 atom stereocenters. The van der Waals surface area contributed by atoms with Gasteiger partial charge in [-0.3, -0.25) is 0 Å². The highest BCUT2D eigenvalue weighted by atomic mass is 35.5. The summed E-state index contributed by atoms with van der Waals surface area (Å²) in [6.45, 7) is 0. The Kier molecular flexibility index (Phi) is 3.04. The highest BCUT2D eigenvalue weighted by Crippen LogP contribution is 2.27. The highest BCUT2D eigenvalue weighted by molar-refractivity contribution is 6.33. The zero-order valence-corrected chi connectivity index (χ0v) is 10.9. The number of carboxylic acid groups (broad SMARTS) is 1. The second-order valence-electron chi connectivity index (χ2n) is 4.11. The van der Waals surface area contributed by atoms with E-state index in [1.807, 2.05) is 12.1 Å². The van der Waals surface area contributed by atoms with Gasteiger partial charge in [0.1, 0.15) is 5.52 Å². The third-order valence-electron chi connectivity index (χ3n) is 2.75. The van der Waals surface area contributed by atoms with E-state index < -0.39 is 5.97 Å². The second-order valence-corrected chi connectivity index (χ2v) is 4.52. The van der Waals surface area contributed by atoms with Gasteiger partial charge in [-0.2, -0.15) is 4.98 Å². The molecular weight excluding hydrogens is 280 g/mol. The van der Waals surface area contributed by atoms with E-state index in [9.17, 15) is 4.79 Å². The summed E-state index contributed by atoms with van der Waals surface area (Å²) in [4.78, 5) is 15.1. The third kappa shape index (κ3) is 2.31. The van der Waals surface area contributed by atoms with Crippen molar-refractivity contribution in [3.63, 3.8) is 0 Å². The van der Waals surface area contributed by atoms with Crippen LogP contribution in [0.4, 0.5) is 11.7 Å². The van der Waals surface area contributed by atoms with Crippen LogP contribution in [0, 0.1) is 0 Å². The van der Waals surface area contributed by atoms with Crippen molar-refractivity contribution in [3.05, 3.63) is 53.1 Å². The van der Waals surface area contributed by atoms with Gasteiger partial charge in [0.2, 0.25) is 0 Å². The molecule has 0 aliphatic rings. The molecule has 6 heteroatoms. The summed E-state index contributed by atoms with van der Waals surface area (Å²) in [6.07, 6.45) is 0. The summed E-state index contributed by atoms with van der Waals surface area (Å²) in [5, 5.41) is 12.4. The quantitative estimate of drug-likeness (QED) is 0.764. The molecule has 0 aliphatic carbocycles. The predicted molar refractivity (Wildman–Crippen MR) is 75.7 cm³/mol. The van der Waals surface area contributed by atoms with Crippen LogP contribution in [-0.2, 0) is 0 Å². The molecule has 0 saturated carbocycles. The van der Waals surface area contributed by atoms with Crippen molar-refractivity contribution in [2.75, 3.05) is 5.32 Å². The number of aromatic nitrogens is 1. The number of hydrogen-bond acceptors (Lipinski definition) is 4. The van der Waals surface area contributed by atoms with Gasteiger partial charge in [0.15, 0.2) is 5.58 Å². The number of halogens is 1. The number of carbonyl (C=O) groups is 1. The van der Waals surface area contributed by atoms with Gasteiger partial charge in [-0.1, -0.05) is 23.7 Å². The Morgan fingerprint density at radius 3 is 2.80 bits per heavy atom. The number of nitrogens with zero attached hydrogens (tertiary/aromatic N) is 1. The van der Waals surface area contributed by atoms with Gasteiger partial charge in [0, 0.05) is 0 Å². The number of nitrogens with one attached hydrogen (secondary N) is 1. The van der Waals surface area contributed by atoms with E-state index in [1.54, 1.807) is 18.2 Å². The fourth-order valence-electron chi connectivity index (χ4n) is 1.79. The molecule has 2 aromatic carbocycles. The van der Waals surface area contributed by atoms with Crippen LogP contribution in [0.25, 0.3) is 11.1 Å². The lowest BCUT2D eigenvalue weighted by Gasteiger charge is -2.02. The minimum atomic E-state index is -1.01. The van der Waals surface area contributed by atoms with Crippen LogP contribution in [0.5, 0.6) is 0 Å². The largest absolute Gasteiger partial charge is 0.478 e. The van der Waals surface area contributed by atoms with Gasteiger partial charge in [-0.05, 0) is 30.3 Å². The van der Waals surface area contributed by atoms with E-state index >= 15 is 0 Å². The fraction of sp³-hybridized carbons (Fsp3) is 0. The molecule has 0 spiro atoms. The first kappa shape index (κ1) is 12.5. The molecule has 1 heterocycles. The van der Waals surface area contributed by atoms with Crippen LogP contribution in [0.1, 0.15) is 10.4 Å². The van der Waals surface area contributed by atoms with Crippen molar-refractivity contribution < 1.29 is 14.3 Å². The van der Waals surface area contributed by atoms with Gasteiger partial charge >= 0.3 is 5.97 Å². The third-order valence-corrected chi connectivity index (χ3v) is 3.08. The van der Waals surface area contributed by atoms with Crippen molar-refractivity contribution in [2.45, 2.75) is 0 Å². The maximum atomic E-state index is 10.9. The molecular formula is C14H9ClN2O3. The first-order valence-corrected chi connectivity index (χ1v) is 6.17. The van der Waals surface area contributed by atoms with E-state index in [2.05, 4.69) is 10.3 Å². The van der Waals surface area contributed by atoms with Crippen molar-refractivity contribution in [1.29, 1.82) is 0 Å². The molecule has 0 saturated heterocycles. The Bertz CT molecular complexity index is 798. The number of aromatic carboxylic acids is 1. The second kappa shape index (κ2) is 4.86. The summed E-state index contributed by atoms with van der Waals surface area (Å²) < 4.78 is 5.47. The van der Waals surface area contributed by atoms with Crippen LogP contribution in [0.15, 0.2) is 46.9 Å². The van der Waals surface area contributed by atoms with Crippen LogP contribution in [0.3, 0.4) is 0 Å². The average molecular weight is 289 g/mol. The molecule has 5 nitrogen and oxygen atoms in total. The number of benzene rings is 2. The lowest BCUT2D eigenvalue weighted by atomic mass is 10.2. The average Bonchev–Trinajstić information content (AvgIpc) is 2.82. The highest BCUT2D eigenvalue weighted by Gasteiger charge is 2.10. The summed E-state index contributed by atoms with van der Waals surface area (Å²) in [5.41, 5.74) is 1.79. The number of para-hydroxylation sites is 1. The summed E-state index contributed by atoms with van der Waals surface area (Å²) in [7, 11) is 0. The predicted octanol–water partition coefficient (Wildman–Crippen LogP) is 3.92. The van der Waals surface area contributed by atoms with Gasteiger partial charge in [0.05, 0.1) is 16.3 Å². The van der Waals surface area contributed by atoms with Gasteiger partial charge in [-0.25, -0.2) is 4.79 Å². The molecule has 1 aromatic heterocycles. The molecule has 0 aliphatic heterocycles. The molecule has 0 unspecified atom stereocenters. The van der Waals surface area contributed by atoms with E-state index in [-0.39, 0.29) is 11.6 Å². The number of oxazole rings is 1. The van der Waals surface area contributed by atoms with Crippen molar-refractivity contribution in [1.82, 2.24) is 4.98 Å². The molecule has 2 N–H and O–H groups in total. The van der Waals surface area contributed by atoms with Crippen LogP contribution < -0.4 is 5.32 Å². The van der Waals surface area contributed by atoms with Crippen molar-refractivity contribution in [3.8, 4) is 0 Å². The Morgan fingerprint density at radius 1 is 1.25 bits per heavy atom. The normalized spacial score (nSPS) is 10.7. The van der Waals surface area contributed by atoms with Gasteiger partial charge < -0.3 is 14.8 Å². The number of fused-ring (bicyclic) bond motifs is 1. The first-order valence-electron chi connectivity index (χ1n) is 5.79. The summed E-state index contributed by atoms with van der Waals surface area (Å²) in [6, 6.07) is 12.0. The maximum Gasteiger partial charge on any atom is 0.335 e. The zero-order valence-electron chi connectivity index (χ0n) is 10.1. The number of anilines is 2. The SMILES string of the molecule is O=C(O)c1ccc2nc(Nc3ccccc3Cl)oc2c1. The summed E-state index contributed by atoms with van der Waals surface area (Å²) >= 11 is 6.03. The van der Waals surface area contributed by atoms with Crippen molar-refractivity contribution in [2.24, 2.45) is 0 Å². The van der Waals surface area contributed by atoms with Crippen LogP contribution in [0.2, 0.25) is 5.02 Å². The smallest absolute Gasteiger partial charge is 0.335 e. The van der Waals surface area contributed by atoms with E-state index in [0.717, 1.165) is 0 Å². The zero-order chi connectivity index (χ0) is 14.1. The molecule has 0 fully saturated rings. The Balaban J connectivity index is 1.97. The molecule has 0 radical (unpaired) electrons. The molecule has 0 bridgehead atoms. The standard InChI is InChI=1S/C14H9ClN2O3/c15-9-3-1-2-4-10(9)16-14-17-11-6-5-8(13(18)19)7-12(11)20-14/h1-7H,(H,16,17)(H,18,19).